The molecule has 0 aliphatic heterocycles. The van der Waals surface area contributed by atoms with Crippen LogP contribution in [0.1, 0.15) is 18.4 Å². The van der Waals surface area contributed by atoms with Gasteiger partial charge in [-0.3, -0.25) is 0 Å². The number of benzene rings is 1. The lowest BCUT2D eigenvalue weighted by atomic mass is 10.00. The number of ether oxygens (including phenoxy) is 1. The normalized spacial score (nSPS) is 29.4. The molecule has 112 valence electrons. The van der Waals surface area contributed by atoms with Crippen LogP contribution in [0.15, 0.2) is 24.3 Å². The molecular formula is C14H20FNO3S. The molecule has 20 heavy (non-hydrogen) atoms. The summed E-state index contributed by atoms with van der Waals surface area (Å²) in [5.41, 5.74) is 6.04. The molecule has 1 aromatic rings. The van der Waals surface area contributed by atoms with Gasteiger partial charge in [-0.2, -0.15) is 0 Å². The monoisotopic (exact) mass is 301 g/mol. The van der Waals surface area contributed by atoms with Crippen LogP contribution < -0.4 is 5.73 Å². The molecule has 4 nitrogen and oxygen atoms in total. The predicted octanol–water partition coefficient (Wildman–Crippen LogP) is 1.32. The third-order valence-corrected chi connectivity index (χ3v) is 5.69. The van der Waals surface area contributed by atoms with Gasteiger partial charge in [0, 0.05) is 30.7 Å². The van der Waals surface area contributed by atoms with Crippen molar-refractivity contribution in [3.63, 3.8) is 0 Å². The second-order valence-corrected chi connectivity index (χ2v) is 7.52. The Morgan fingerprint density at radius 3 is 2.40 bits per heavy atom. The average molecular weight is 301 g/mol. The zero-order chi connectivity index (χ0) is 15.0. The van der Waals surface area contributed by atoms with E-state index in [2.05, 4.69) is 0 Å². The summed E-state index contributed by atoms with van der Waals surface area (Å²) in [6, 6.07) is 5.94. The highest BCUT2D eigenvalue weighted by Crippen LogP contribution is 2.62. The smallest absolute Gasteiger partial charge is 0.151 e. The van der Waals surface area contributed by atoms with Crippen molar-refractivity contribution in [1.29, 1.82) is 0 Å². The Hall–Kier alpha value is -0.980. The van der Waals surface area contributed by atoms with Gasteiger partial charge in [-0.05, 0) is 24.6 Å². The van der Waals surface area contributed by atoms with Gasteiger partial charge < -0.3 is 10.5 Å². The second kappa shape index (κ2) is 5.42. The van der Waals surface area contributed by atoms with Crippen molar-refractivity contribution in [2.24, 2.45) is 11.1 Å². The average Bonchev–Trinajstić information content (AvgIpc) is 3.07. The number of nitrogens with two attached hydrogens (primary N) is 1. The highest BCUT2D eigenvalue weighted by Gasteiger charge is 2.69. The van der Waals surface area contributed by atoms with E-state index >= 15 is 0 Å². The van der Waals surface area contributed by atoms with Crippen molar-refractivity contribution >= 4 is 9.84 Å². The summed E-state index contributed by atoms with van der Waals surface area (Å²) >= 11 is 0. The molecule has 0 bridgehead atoms. The fourth-order valence-electron chi connectivity index (χ4n) is 3.07. The Kier molecular flexibility index (Phi) is 4.18. The summed E-state index contributed by atoms with van der Waals surface area (Å²) in [6.07, 6.45) is 1.22. The van der Waals surface area contributed by atoms with Crippen LogP contribution in [-0.2, 0) is 14.6 Å². The lowest BCUT2D eigenvalue weighted by Crippen LogP contribution is -2.28. The minimum absolute atomic E-state index is 0.227. The van der Waals surface area contributed by atoms with Gasteiger partial charge in [0.15, 0.2) is 9.84 Å². The minimum atomic E-state index is -3.24. The number of sulfone groups is 1. The van der Waals surface area contributed by atoms with Gasteiger partial charge in [0.05, 0.1) is 11.9 Å². The minimum Gasteiger partial charge on any atom is -0.381 e. The SMILES string of the molecule is CCOC[C@]1(CN)[C@@H](c2ccc(F)cc2)[C@@H]1S(C)(=O)=O. The van der Waals surface area contributed by atoms with E-state index < -0.39 is 20.5 Å². The van der Waals surface area contributed by atoms with E-state index in [1.807, 2.05) is 6.92 Å². The third kappa shape index (κ3) is 2.60. The molecule has 0 aromatic heterocycles. The van der Waals surface area contributed by atoms with Gasteiger partial charge in [0.2, 0.25) is 0 Å². The fourth-order valence-corrected chi connectivity index (χ4v) is 5.08. The summed E-state index contributed by atoms with van der Waals surface area (Å²) in [5.74, 6) is -0.567. The van der Waals surface area contributed by atoms with Crippen molar-refractivity contribution in [3.8, 4) is 0 Å². The number of rotatable bonds is 6. The summed E-state index contributed by atoms with van der Waals surface area (Å²) in [7, 11) is -3.24. The topological polar surface area (TPSA) is 69.4 Å². The van der Waals surface area contributed by atoms with E-state index in [1.54, 1.807) is 12.1 Å². The van der Waals surface area contributed by atoms with Crippen LogP contribution in [0, 0.1) is 11.2 Å². The van der Waals surface area contributed by atoms with Crippen molar-refractivity contribution in [2.75, 3.05) is 26.0 Å². The maximum Gasteiger partial charge on any atom is 0.151 e. The molecular weight excluding hydrogens is 281 g/mol. The lowest BCUT2D eigenvalue weighted by molar-refractivity contribution is 0.101. The van der Waals surface area contributed by atoms with Crippen LogP contribution in [0.3, 0.4) is 0 Å². The van der Waals surface area contributed by atoms with Crippen LogP contribution in [-0.4, -0.2) is 39.7 Å². The van der Waals surface area contributed by atoms with E-state index in [4.69, 9.17) is 10.5 Å². The quantitative estimate of drug-likeness (QED) is 0.860. The summed E-state index contributed by atoms with van der Waals surface area (Å²) < 4.78 is 42.4. The van der Waals surface area contributed by atoms with E-state index in [0.29, 0.717) is 13.2 Å². The van der Waals surface area contributed by atoms with Crippen molar-refractivity contribution in [3.05, 3.63) is 35.6 Å². The molecule has 0 spiro atoms. The molecule has 2 rings (SSSR count). The molecule has 1 aliphatic carbocycles. The molecule has 1 aromatic carbocycles. The van der Waals surface area contributed by atoms with Gasteiger partial charge in [-0.15, -0.1) is 0 Å². The standard InChI is InChI=1S/C14H20FNO3S/c1-3-19-9-14(8-16)12(13(14)20(2,17)18)10-4-6-11(15)7-5-10/h4-7,12-13H,3,8-9,16H2,1-2H3/t12-,13-,14+/m0/s1. The molecule has 1 saturated carbocycles. The van der Waals surface area contributed by atoms with Gasteiger partial charge >= 0.3 is 0 Å². The third-order valence-electron chi connectivity index (χ3n) is 4.02. The Bertz CT molecular complexity index is 573. The Labute approximate surface area is 119 Å². The van der Waals surface area contributed by atoms with Crippen LogP contribution in [0.4, 0.5) is 4.39 Å². The molecule has 2 N–H and O–H groups in total. The Morgan fingerprint density at radius 1 is 1.35 bits per heavy atom. The van der Waals surface area contributed by atoms with Crippen LogP contribution in [0.5, 0.6) is 0 Å². The maximum absolute atomic E-state index is 13.0. The van der Waals surface area contributed by atoms with Gasteiger partial charge in [-0.1, -0.05) is 12.1 Å². The zero-order valence-electron chi connectivity index (χ0n) is 11.7. The van der Waals surface area contributed by atoms with Gasteiger partial charge in [0.1, 0.15) is 5.82 Å². The largest absolute Gasteiger partial charge is 0.381 e. The zero-order valence-corrected chi connectivity index (χ0v) is 12.5. The first-order chi connectivity index (χ1) is 9.36. The number of halogens is 1. The predicted molar refractivity (Wildman–Crippen MR) is 75.8 cm³/mol. The number of hydrogen-bond donors (Lipinski definition) is 1. The summed E-state index contributed by atoms with van der Waals surface area (Å²) in [6.45, 7) is 2.90. The first-order valence-electron chi connectivity index (χ1n) is 6.59. The summed E-state index contributed by atoms with van der Waals surface area (Å²) in [5, 5.41) is -0.558. The maximum atomic E-state index is 13.0. The van der Waals surface area contributed by atoms with E-state index in [-0.39, 0.29) is 18.3 Å². The van der Waals surface area contributed by atoms with Gasteiger partial charge in [-0.25, -0.2) is 12.8 Å². The number of hydrogen-bond acceptors (Lipinski definition) is 4. The van der Waals surface area contributed by atoms with Crippen LogP contribution in [0.25, 0.3) is 0 Å². The molecule has 6 heteroatoms. The van der Waals surface area contributed by atoms with E-state index in [9.17, 15) is 12.8 Å². The summed E-state index contributed by atoms with van der Waals surface area (Å²) in [4.78, 5) is 0. The van der Waals surface area contributed by atoms with Crippen LogP contribution in [0.2, 0.25) is 0 Å². The van der Waals surface area contributed by atoms with E-state index in [0.717, 1.165) is 5.56 Å². The van der Waals surface area contributed by atoms with Crippen molar-refractivity contribution in [2.45, 2.75) is 18.1 Å². The van der Waals surface area contributed by atoms with Crippen molar-refractivity contribution < 1.29 is 17.5 Å². The highest BCUT2D eigenvalue weighted by atomic mass is 32.2. The Morgan fingerprint density at radius 2 is 1.95 bits per heavy atom. The van der Waals surface area contributed by atoms with Gasteiger partial charge in [0.25, 0.3) is 0 Å². The van der Waals surface area contributed by atoms with E-state index in [1.165, 1.54) is 18.4 Å². The van der Waals surface area contributed by atoms with Crippen LogP contribution >= 0.6 is 0 Å². The molecule has 0 amide bonds. The highest BCUT2D eigenvalue weighted by molar-refractivity contribution is 7.91. The lowest BCUT2D eigenvalue weighted by Gasteiger charge is -2.15. The first-order valence-corrected chi connectivity index (χ1v) is 8.54. The molecule has 0 radical (unpaired) electrons. The molecule has 3 atom stereocenters. The molecule has 0 heterocycles. The Balaban J connectivity index is 2.36. The molecule has 1 fully saturated rings. The fraction of sp³-hybridized carbons (Fsp3) is 0.571. The molecule has 0 saturated heterocycles. The second-order valence-electron chi connectivity index (χ2n) is 5.35. The molecule has 1 aliphatic rings. The first kappa shape index (κ1) is 15.4. The molecule has 0 unspecified atom stereocenters. The van der Waals surface area contributed by atoms with Crippen molar-refractivity contribution in [1.82, 2.24) is 0 Å².